The molecule has 4 aromatic heterocycles. The summed E-state index contributed by atoms with van der Waals surface area (Å²) in [7, 11) is -3.61. The fourth-order valence-electron chi connectivity index (χ4n) is 5.32. The fourth-order valence-corrected chi connectivity index (χ4v) is 7.09. The van der Waals surface area contributed by atoms with Gasteiger partial charge < -0.3 is 15.4 Å². The van der Waals surface area contributed by atoms with Crippen molar-refractivity contribution < 1.29 is 13.2 Å². The third-order valence-electron chi connectivity index (χ3n) is 7.42. The van der Waals surface area contributed by atoms with E-state index in [0.717, 1.165) is 51.9 Å². The molecule has 5 aromatic rings. The summed E-state index contributed by atoms with van der Waals surface area (Å²) in [5.74, 6) is 2.53. The SMILES string of the molecule is Cc1cc(Nc2cc(Nc3ccc(-c4nc(C)c(C)s4)cc3S(C)(=O)=O)c3nc(C)n(C4CCCCO4)c3n2)nc(C)n1. The van der Waals surface area contributed by atoms with Gasteiger partial charge in [0.1, 0.15) is 40.0 Å². The minimum absolute atomic E-state index is 0.170. The zero-order chi connectivity index (χ0) is 30.5. The van der Waals surface area contributed by atoms with E-state index in [4.69, 9.17) is 14.7 Å². The highest BCUT2D eigenvalue weighted by Gasteiger charge is 2.25. The molecule has 43 heavy (non-hydrogen) atoms. The Morgan fingerprint density at radius 2 is 1.70 bits per heavy atom. The molecule has 11 nitrogen and oxygen atoms in total. The highest BCUT2D eigenvalue weighted by molar-refractivity contribution is 7.90. The first-order valence-corrected chi connectivity index (χ1v) is 16.8. The van der Waals surface area contributed by atoms with Crippen molar-refractivity contribution in [1.82, 2.24) is 29.5 Å². The van der Waals surface area contributed by atoms with Gasteiger partial charge in [-0.2, -0.15) is 0 Å². The van der Waals surface area contributed by atoms with Gasteiger partial charge in [0, 0.05) is 41.1 Å². The maximum atomic E-state index is 13.1. The van der Waals surface area contributed by atoms with Crippen LogP contribution in [0.1, 0.15) is 53.4 Å². The van der Waals surface area contributed by atoms with Crippen molar-refractivity contribution >= 4 is 55.3 Å². The Labute approximate surface area is 254 Å². The Hall–Kier alpha value is -3.94. The number of aryl methyl sites for hydroxylation is 5. The normalized spacial score (nSPS) is 15.6. The van der Waals surface area contributed by atoms with Gasteiger partial charge in [0.15, 0.2) is 15.5 Å². The molecule has 1 aliphatic heterocycles. The van der Waals surface area contributed by atoms with Crippen molar-refractivity contribution in [2.45, 2.75) is 65.0 Å². The molecule has 0 bridgehead atoms. The molecule has 1 fully saturated rings. The van der Waals surface area contributed by atoms with Crippen LogP contribution in [0.2, 0.25) is 0 Å². The number of rotatable bonds is 7. The van der Waals surface area contributed by atoms with Gasteiger partial charge >= 0.3 is 0 Å². The minimum Gasteiger partial charge on any atom is -0.358 e. The van der Waals surface area contributed by atoms with Crippen LogP contribution in [-0.4, -0.2) is 50.8 Å². The second-order valence-corrected chi connectivity index (χ2v) is 14.1. The lowest BCUT2D eigenvalue weighted by Gasteiger charge is -2.25. The maximum Gasteiger partial charge on any atom is 0.177 e. The lowest BCUT2D eigenvalue weighted by atomic mass is 10.2. The van der Waals surface area contributed by atoms with Crippen LogP contribution in [0.25, 0.3) is 21.7 Å². The summed E-state index contributed by atoms with van der Waals surface area (Å²) < 4.78 is 34.3. The standard InChI is InChI=1S/C30H34N8O3S2/c1-16-13-25(33-19(4)31-16)36-26-15-23(28-29(37-26)38(20(5)34-28)27-9-7-8-12-41-27)35-22-11-10-21(14-24(22)43(6,39)40)30-32-17(2)18(3)42-30/h10-11,13-15,27H,7-9,12H2,1-6H3,(H2,31,33,35,36,37). The average Bonchev–Trinajstić information content (AvgIpc) is 3.46. The summed E-state index contributed by atoms with van der Waals surface area (Å²) in [5, 5.41) is 7.48. The monoisotopic (exact) mass is 618 g/mol. The van der Waals surface area contributed by atoms with Crippen LogP contribution in [0.15, 0.2) is 35.2 Å². The quantitative estimate of drug-likeness (QED) is 0.209. The second kappa shape index (κ2) is 11.3. The van der Waals surface area contributed by atoms with E-state index in [9.17, 15) is 8.42 Å². The van der Waals surface area contributed by atoms with Gasteiger partial charge in [-0.25, -0.2) is 33.3 Å². The molecule has 1 aromatic carbocycles. The third-order valence-corrected chi connectivity index (χ3v) is 9.68. The molecular weight excluding hydrogens is 585 g/mol. The number of benzene rings is 1. The number of hydrogen-bond donors (Lipinski definition) is 2. The summed E-state index contributed by atoms with van der Waals surface area (Å²) in [4.78, 5) is 24.6. The number of aromatic nitrogens is 6. The first kappa shape index (κ1) is 29.1. The zero-order valence-corrected chi connectivity index (χ0v) is 26.7. The molecule has 1 saturated heterocycles. The van der Waals surface area contributed by atoms with Crippen molar-refractivity contribution in [2.75, 3.05) is 23.5 Å². The number of imidazole rings is 1. The summed E-state index contributed by atoms with van der Waals surface area (Å²) >= 11 is 1.54. The molecular formula is C30H34N8O3S2. The average molecular weight is 619 g/mol. The Bertz CT molecular complexity index is 1920. The smallest absolute Gasteiger partial charge is 0.177 e. The predicted molar refractivity (Wildman–Crippen MR) is 169 cm³/mol. The summed E-state index contributed by atoms with van der Waals surface area (Å²) in [6.45, 7) is 10.3. The molecule has 5 heterocycles. The van der Waals surface area contributed by atoms with Gasteiger partial charge in [0.25, 0.3) is 0 Å². The molecule has 6 rings (SSSR count). The van der Waals surface area contributed by atoms with Crippen LogP contribution >= 0.6 is 11.3 Å². The minimum atomic E-state index is -3.61. The van der Waals surface area contributed by atoms with Crippen LogP contribution in [0.3, 0.4) is 0 Å². The van der Waals surface area contributed by atoms with E-state index in [-0.39, 0.29) is 11.1 Å². The van der Waals surface area contributed by atoms with Gasteiger partial charge in [-0.15, -0.1) is 11.3 Å². The molecule has 0 amide bonds. The Kier molecular flexibility index (Phi) is 7.65. The molecule has 1 unspecified atom stereocenters. The summed E-state index contributed by atoms with van der Waals surface area (Å²) in [6, 6.07) is 9.02. The van der Waals surface area contributed by atoms with Gasteiger partial charge in [-0.3, -0.25) is 4.57 Å². The first-order chi connectivity index (χ1) is 20.5. The Balaban J connectivity index is 1.49. The summed E-state index contributed by atoms with van der Waals surface area (Å²) in [6.07, 6.45) is 3.95. The molecule has 0 aliphatic carbocycles. The number of fused-ring (bicyclic) bond motifs is 1. The topological polar surface area (TPSA) is 137 Å². The van der Waals surface area contributed by atoms with E-state index < -0.39 is 9.84 Å². The number of anilines is 4. The third kappa shape index (κ3) is 5.97. The highest BCUT2D eigenvalue weighted by atomic mass is 32.2. The first-order valence-electron chi connectivity index (χ1n) is 14.1. The van der Waals surface area contributed by atoms with Crippen molar-refractivity contribution in [3.8, 4) is 10.6 Å². The van der Waals surface area contributed by atoms with Crippen LogP contribution in [0, 0.1) is 34.6 Å². The van der Waals surface area contributed by atoms with Gasteiger partial charge in [0.2, 0.25) is 0 Å². The van der Waals surface area contributed by atoms with Crippen molar-refractivity contribution in [3.63, 3.8) is 0 Å². The molecule has 0 saturated carbocycles. The molecule has 0 spiro atoms. The largest absolute Gasteiger partial charge is 0.358 e. The molecule has 13 heteroatoms. The summed E-state index contributed by atoms with van der Waals surface area (Å²) in [5.41, 5.74) is 4.79. The Morgan fingerprint density at radius 1 is 0.907 bits per heavy atom. The van der Waals surface area contributed by atoms with E-state index in [2.05, 4.69) is 25.6 Å². The van der Waals surface area contributed by atoms with Gasteiger partial charge in [-0.1, -0.05) is 0 Å². The van der Waals surface area contributed by atoms with E-state index in [1.807, 2.05) is 57.4 Å². The number of pyridine rings is 1. The lowest BCUT2D eigenvalue weighted by Crippen LogP contribution is -2.19. The lowest BCUT2D eigenvalue weighted by molar-refractivity contribution is -0.0308. The number of thiazole rings is 1. The molecule has 224 valence electrons. The van der Waals surface area contributed by atoms with Crippen LogP contribution in [0.4, 0.5) is 23.0 Å². The molecule has 1 atom stereocenters. The second-order valence-electron chi connectivity index (χ2n) is 10.9. The predicted octanol–water partition coefficient (Wildman–Crippen LogP) is 6.48. The number of ether oxygens (including phenoxy) is 1. The van der Waals surface area contributed by atoms with Crippen LogP contribution in [-0.2, 0) is 14.6 Å². The van der Waals surface area contributed by atoms with E-state index in [1.165, 1.54) is 6.26 Å². The number of nitrogens with zero attached hydrogens (tertiary/aromatic N) is 6. The van der Waals surface area contributed by atoms with Crippen molar-refractivity contribution in [2.24, 2.45) is 0 Å². The van der Waals surface area contributed by atoms with Crippen LogP contribution in [0.5, 0.6) is 0 Å². The van der Waals surface area contributed by atoms with E-state index in [0.29, 0.717) is 46.6 Å². The highest BCUT2D eigenvalue weighted by Crippen LogP contribution is 2.37. The van der Waals surface area contributed by atoms with E-state index >= 15 is 0 Å². The molecule has 0 radical (unpaired) electrons. The Morgan fingerprint density at radius 3 is 2.37 bits per heavy atom. The molecule has 2 N–H and O–H groups in total. The van der Waals surface area contributed by atoms with Gasteiger partial charge in [0.05, 0.1) is 22.0 Å². The fraction of sp³-hybridized carbons (Fsp3) is 0.367. The zero-order valence-electron chi connectivity index (χ0n) is 25.0. The van der Waals surface area contributed by atoms with Crippen molar-refractivity contribution in [1.29, 1.82) is 0 Å². The number of hydrogen-bond acceptors (Lipinski definition) is 11. The number of sulfone groups is 1. The maximum absolute atomic E-state index is 13.1. The molecule has 1 aliphatic rings. The number of nitrogens with one attached hydrogen (secondary N) is 2. The van der Waals surface area contributed by atoms with Gasteiger partial charge in [-0.05, 0) is 72.1 Å². The van der Waals surface area contributed by atoms with E-state index in [1.54, 1.807) is 23.5 Å². The van der Waals surface area contributed by atoms with Crippen LogP contribution < -0.4 is 10.6 Å². The van der Waals surface area contributed by atoms with Crippen molar-refractivity contribution in [3.05, 3.63) is 58.2 Å².